The molecule has 4 N–H and O–H groups in total. The maximum absolute atomic E-state index is 12.0. The van der Waals surface area contributed by atoms with Crippen LogP contribution in [0.4, 0.5) is 0 Å². The maximum atomic E-state index is 12.0. The molecule has 0 aromatic heterocycles. The minimum atomic E-state index is -3.38. The minimum Gasteiger partial charge on any atom is -0.480 e. The number of carbonyl (C=O) groups is 2. The average Bonchev–Trinajstić information content (AvgIpc) is 2.24. The minimum absolute atomic E-state index is 0.173. The van der Waals surface area contributed by atoms with Crippen molar-refractivity contribution in [3.8, 4) is 0 Å². The molecule has 0 unspecified atom stereocenters. The molecule has 0 fully saturated rings. The molecular formula is C9H19N2O6P. The van der Waals surface area contributed by atoms with E-state index in [1.54, 1.807) is 13.8 Å². The smallest absolute Gasteiger partial charge is 0.344 e. The molecule has 0 radical (unpaired) electrons. The fourth-order valence-corrected chi connectivity index (χ4v) is 2.68. The van der Waals surface area contributed by atoms with Crippen LogP contribution < -0.4 is 11.1 Å². The number of aliphatic carboxylic acids is 1. The van der Waals surface area contributed by atoms with Crippen LogP contribution in [0.15, 0.2) is 0 Å². The normalized spacial score (nSPS) is 13.2. The third-order valence-electron chi connectivity index (χ3n) is 1.89. The number of amides is 1. The predicted molar refractivity (Wildman–Crippen MR) is 64.1 cm³/mol. The van der Waals surface area contributed by atoms with Crippen LogP contribution >= 0.6 is 7.60 Å². The van der Waals surface area contributed by atoms with Crippen molar-refractivity contribution in [2.24, 2.45) is 5.73 Å². The molecule has 106 valence electrons. The van der Waals surface area contributed by atoms with Crippen LogP contribution in [0.5, 0.6) is 0 Å². The standard InChI is InChI=1S/C9H19N2O6P/c1-3-16-18(15,17-4-2)6-11-7(9(13)14)5-8(10)12/h7,11H,3-6H2,1-2H3,(H2,10,12)(H,13,14)/t7-/m0/s1. The number of nitrogens with one attached hydrogen (secondary N) is 1. The molecule has 0 aromatic rings. The van der Waals surface area contributed by atoms with Crippen LogP contribution in [-0.2, 0) is 23.2 Å². The summed E-state index contributed by atoms with van der Waals surface area (Å²) < 4.78 is 21.9. The van der Waals surface area contributed by atoms with Crippen LogP contribution in [0.1, 0.15) is 20.3 Å². The van der Waals surface area contributed by atoms with Gasteiger partial charge in [0.05, 0.1) is 25.9 Å². The molecule has 0 spiro atoms. The van der Waals surface area contributed by atoms with E-state index in [4.69, 9.17) is 19.9 Å². The van der Waals surface area contributed by atoms with Crippen molar-refractivity contribution >= 4 is 19.5 Å². The van der Waals surface area contributed by atoms with E-state index >= 15 is 0 Å². The largest absolute Gasteiger partial charge is 0.480 e. The summed E-state index contributed by atoms with van der Waals surface area (Å²) in [6.45, 7) is 3.63. The quantitative estimate of drug-likeness (QED) is 0.486. The highest BCUT2D eigenvalue weighted by molar-refractivity contribution is 7.53. The number of carboxylic acid groups (broad SMARTS) is 1. The van der Waals surface area contributed by atoms with E-state index in [1.165, 1.54) is 0 Å². The van der Waals surface area contributed by atoms with E-state index in [0.29, 0.717) is 0 Å². The fraction of sp³-hybridized carbons (Fsp3) is 0.778. The molecular weight excluding hydrogens is 263 g/mol. The number of hydrogen-bond donors (Lipinski definition) is 3. The summed E-state index contributed by atoms with van der Waals surface area (Å²) in [5.74, 6) is -2.02. The number of primary amides is 1. The molecule has 0 heterocycles. The Hall–Kier alpha value is -0.950. The summed E-state index contributed by atoms with van der Waals surface area (Å²) >= 11 is 0. The van der Waals surface area contributed by atoms with Gasteiger partial charge in [0.15, 0.2) is 0 Å². The second-order valence-corrected chi connectivity index (χ2v) is 5.42. The van der Waals surface area contributed by atoms with Gasteiger partial charge in [-0.3, -0.25) is 19.5 Å². The van der Waals surface area contributed by atoms with Gasteiger partial charge in [-0.15, -0.1) is 0 Å². The lowest BCUT2D eigenvalue weighted by Crippen LogP contribution is -2.40. The molecule has 1 atom stereocenters. The van der Waals surface area contributed by atoms with Crippen molar-refractivity contribution in [3.05, 3.63) is 0 Å². The van der Waals surface area contributed by atoms with Gasteiger partial charge in [-0.25, -0.2) is 0 Å². The molecule has 8 nitrogen and oxygen atoms in total. The first-order valence-electron chi connectivity index (χ1n) is 5.47. The van der Waals surface area contributed by atoms with E-state index < -0.39 is 31.9 Å². The van der Waals surface area contributed by atoms with Crippen LogP contribution in [0, 0.1) is 0 Å². The molecule has 0 aliphatic rings. The zero-order chi connectivity index (χ0) is 14.2. The summed E-state index contributed by atoms with van der Waals surface area (Å²) in [7, 11) is -3.38. The first-order chi connectivity index (χ1) is 8.34. The molecule has 0 rings (SSSR count). The molecule has 0 aromatic carbocycles. The molecule has 0 aliphatic carbocycles. The van der Waals surface area contributed by atoms with Gasteiger partial charge < -0.3 is 19.9 Å². The van der Waals surface area contributed by atoms with Crippen molar-refractivity contribution < 1.29 is 28.3 Å². The summed E-state index contributed by atoms with van der Waals surface area (Å²) in [5, 5.41) is 11.3. The lowest BCUT2D eigenvalue weighted by Gasteiger charge is -2.19. The number of rotatable bonds is 10. The second kappa shape index (κ2) is 8.20. The third-order valence-corrected chi connectivity index (χ3v) is 3.76. The highest BCUT2D eigenvalue weighted by atomic mass is 31.2. The Bertz CT molecular complexity index is 325. The Morgan fingerprint density at radius 2 is 1.83 bits per heavy atom. The first kappa shape index (κ1) is 17.1. The van der Waals surface area contributed by atoms with Crippen molar-refractivity contribution in [3.63, 3.8) is 0 Å². The third kappa shape index (κ3) is 6.70. The maximum Gasteiger partial charge on any atom is 0.344 e. The van der Waals surface area contributed by atoms with Gasteiger partial charge >= 0.3 is 13.6 Å². The Kier molecular flexibility index (Phi) is 7.77. The lowest BCUT2D eigenvalue weighted by atomic mass is 10.2. The number of carbonyl (C=O) groups excluding carboxylic acids is 1. The Labute approximate surface area is 105 Å². The molecule has 18 heavy (non-hydrogen) atoms. The van der Waals surface area contributed by atoms with E-state index in [-0.39, 0.29) is 19.5 Å². The van der Waals surface area contributed by atoms with Crippen molar-refractivity contribution in [2.75, 3.05) is 19.5 Å². The highest BCUT2D eigenvalue weighted by Gasteiger charge is 2.27. The fourth-order valence-electron chi connectivity index (χ4n) is 1.19. The van der Waals surface area contributed by atoms with E-state index in [0.717, 1.165) is 0 Å². The van der Waals surface area contributed by atoms with Crippen LogP contribution in [0.2, 0.25) is 0 Å². The Balaban J connectivity index is 4.50. The van der Waals surface area contributed by atoms with Gasteiger partial charge in [-0.2, -0.15) is 0 Å². The van der Waals surface area contributed by atoms with Crippen LogP contribution in [0.3, 0.4) is 0 Å². The summed E-state index contributed by atoms with van der Waals surface area (Å²) in [6.07, 6.45) is -0.688. The van der Waals surface area contributed by atoms with Gasteiger partial charge in [0.2, 0.25) is 5.91 Å². The Morgan fingerprint density at radius 3 is 2.17 bits per heavy atom. The van der Waals surface area contributed by atoms with E-state index in [1.807, 2.05) is 0 Å². The summed E-state index contributed by atoms with van der Waals surface area (Å²) in [5.41, 5.74) is 4.91. The van der Waals surface area contributed by atoms with Crippen molar-refractivity contribution in [2.45, 2.75) is 26.3 Å². The highest BCUT2D eigenvalue weighted by Crippen LogP contribution is 2.46. The zero-order valence-electron chi connectivity index (χ0n) is 10.4. The lowest BCUT2D eigenvalue weighted by molar-refractivity contribution is -0.141. The number of nitrogens with two attached hydrogens (primary N) is 1. The summed E-state index contributed by atoms with van der Waals surface area (Å²) in [4.78, 5) is 21.5. The van der Waals surface area contributed by atoms with E-state index in [2.05, 4.69) is 5.32 Å². The molecule has 9 heteroatoms. The SMILES string of the molecule is CCOP(=O)(CN[C@@H](CC(N)=O)C(=O)O)OCC. The second-order valence-electron chi connectivity index (χ2n) is 3.37. The van der Waals surface area contributed by atoms with Crippen molar-refractivity contribution in [1.82, 2.24) is 5.32 Å². The Morgan fingerprint density at radius 1 is 1.33 bits per heavy atom. The number of carboxylic acids is 1. The number of hydrogen-bond acceptors (Lipinski definition) is 6. The molecule has 0 saturated carbocycles. The zero-order valence-corrected chi connectivity index (χ0v) is 11.3. The molecule has 0 saturated heterocycles. The topological polar surface area (TPSA) is 128 Å². The molecule has 0 bridgehead atoms. The molecule has 0 aliphatic heterocycles. The average molecular weight is 282 g/mol. The monoisotopic (exact) mass is 282 g/mol. The van der Waals surface area contributed by atoms with Crippen molar-refractivity contribution in [1.29, 1.82) is 0 Å². The van der Waals surface area contributed by atoms with Gasteiger partial charge in [0, 0.05) is 0 Å². The molecule has 1 amide bonds. The van der Waals surface area contributed by atoms with Gasteiger partial charge in [-0.1, -0.05) is 0 Å². The van der Waals surface area contributed by atoms with Gasteiger partial charge in [0.1, 0.15) is 6.04 Å². The first-order valence-corrected chi connectivity index (χ1v) is 7.20. The predicted octanol–water partition coefficient (Wildman–Crippen LogP) is 0.128. The van der Waals surface area contributed by atoms with Gasteiger partial charge in [-0.05, 0) is 13.8 Å². The van der Waals surface area contributed by atoms with Crippen LogP contribution in [0.25, 0.3) is 0 Å². The summed E-state index contributed by atoms with van der Waals surface area (Å²) in [6, 6.07) is -1.21. The van der Waals surface area contributed by atoms with Gasteiger partial charge in [0.25, 0.3) is 0 Å². The van der Waals surface area contributed by atoms with E-state index in [9.17, 15) is 14.2 Å². The van der Waals surface area contributed by atoms with Crippen LogP contribution in [-0.4, -0.2) is 42.5 Å².